The zero-order valence-corrected chi connectivity index (χ0v) is 22.3. The lowest BCUT2D eigenvalue weighted by atomic mass is 9.88. The smallest absolute Gasteiger partial charge is 0.162 e. The Morgan fingerprint density at radius 2 is 1.34 bits per heavy atom. The van der Waals surface area contributed by atoms with Crippen LogP contribution in [-0.4, -0.2) is 30.8 Å². The zero-order valence-electron chi connectivity index (χ0n) is 22.3. The number of aromatic nitrogens is 1. The van der Waals surface area contributed by atoms with E-state index in [-0.39, 0.29) is 18.0 Å². The van der Waals surface area contributed by atoms with Gasteiger partial charge in [0.2, 0.25) is 0 Å². The van der Waals surface area contributed by atoms with E-state index in [0.717, 1.165) is 22.0 Å². The molecule has 4 aromatic rings. The summed E-state index contributed by atoms with van der Waals surface area (Å²) in [6.45, 7) is 4.00. The Morgan fingerprint density at radius 1 is 0.763 bits per heavy atom. The normalized spacial score (nSPS) is 13.2. The Labute approximate surface area is 223 Å². The Balaban J connectivity index is 0.00000164. The third-order valence-electron chi connectivity index (χ3n) is 6.75. The Kier molecular flexibility index (Phi) is 8.41. The molecule has 0 aliphatic heterocycles. The molecule has 6 heteroatoms. The van der Waals surface area contributed by atoms with Gasteiger partial charge in [-0.25, -0.2) is 0 Å². The maximum Gasteiger partial charge on any atom is 0.162 e. The highest BCUT2D eigenvalue weighted by Gasteiger charge is 2.54. The second-order valence-corrected chi connectivity index (χ2v) is 9.05. The number of rotatable bonds is 10. The first-order valence-electron chi connectivity index (χ1n) is 12.9. The van der Waals surface area contributed by atoms with Gasteiger partial charge in [0.05, 0.1) is 25.2 Å². The number of Topliss-reactive ketones (excluding diaryl/α,β-unsaturated/α-hetero) is 2. The largest absolute Gasteiger partial charge is 0.493 e. The molecule has 1 fully saturated rings. The fourth-order valence-corrected chi connectivity index (χ4v) is 4.48. The van der Waals surface area contributed by atoms with E-state index in [1.807, 2.05) is 80.6 Å². The molecule has 1 aliphatic rings. The lowest BCUT2D eigenvalue weighted by molar-refractivity contribution is -0.133. The van der Waals surface area contributed by atoms with Crippen LogP contribution < -0.4 is 14.2 Å². The fraction of sp³-hybridized carbons (Fsp3) is 0.281. The van der Waals surface area contributed by atoms with E-state index in [1.54, 1.807) is 26.5 Å². The quantitative estimate of drug-likeness (QED) is 0.219. The van der Waals surface area contributed by atoms with Crippen molar-refractivity contribution in [1.29, 1.82) is 0 Å². The molecule has 1 aliphatic carbocycles. The Bertz CT molecular complexity index is 1410. The van der Waals surface area contributed by atoms with Crippen molar-refractivity contribution in [3.8, 4) is 23.0 Å². The standard InChI is InChI=1S/C30H27NO5.C2H6/c1-34-26-18-23-24(19-27(26)35-2)31-15-12-25(23)36-22-10-8-21(9-11-22)17-29(33)30(13-14-30)28(32)16-20-6-4-3-5-7-20;1-2/h3-12,15,18-19H,13-14,16-17H2,1-2H3;1-2H3. The van der Waals surface area contributed by atoms with Gasteiger partial charge in [0.25, 0.3) is 0 Å². The zero-order chi connectivity index (χ0) is 27.1. The predicted octanol–water partition coefficient (Wildman–Crippen LogP) is 6.77. The van der Waals surface area contributed by atoms with E-state index >= 15 is 0 Å². The molecule has 1 aromatic heterocycles. The number of hydrogen-bond acceptors (Lipinski definition) is 6. The first-order valence-corrected chi connectivity index (χ1v) is 12.9. The van der Waals surface area contributed by atoms with Crippen molar-refractivity contribution >= 4 is 22.5 Å². The van der Waals surface area contributed by atoms with Crippen molar-refractivity contribution in [2.75, 3.05) is 14.2 Å². The summed E-state index contributed by atoms with van der Waals surface area (Å²) in [5, 5.41) is 0.794. The summed E-state index contributed by atoms with van der Waals surface area (Å²) >= 11 is 0. The molecule has 0 spiro atoms. The Morgan fingerprint density at radius 3 is 1.92 bits per heavy atom. The number of methoxy groups -OCH3 is 2. The van der Waals surface area contributed by atoms with Gasteiger partial charge in [-0.2, -0.15) is 0 Å². The second-order valence-electron chi connectivity index (χ2n) is 9.05. The summed E-state index contributed by atoms with van der Waals surface area (Å²) in [6, 6.07) is 22.5. The van der Waals surface area contributed by atoms with Crippen LogP contribution >= 0.6 is 0 Å². The highest BCUT2D eigenvalue weighted by molar-refractivity contribution is 6.10. The molecular formula is C32H33NO5. The summed E-state index contributed by atoms with van der Waals surface area (Å²) in [5.41, 5.74) is 1.71. The van der Waals surface area contributed by atoms with Crippen molar-refractivity contribution < 1.29 is 23.8 Å². The van der Waals surface area contributed by atoms with Gasteiger partial charge < -0.3 is 14.2 Å². The lowest BCUT2D eigenvalue weighted by Crippen LogP contribution is -2.28. The van der Waals surface area contributed by atoms with Gasteiger partial charge in [0.1, 0.15) is 11.5 Å². The maximum atomic E-state index is 13.1. The molecule has 0 bridgehead atoms. The van der Waals surface area contributed by atoms with Crippen molar-refractivity contribution in [1.82, 2.24) is 4.98 Å². The average molecular weight is 512 g/mol. The monoisotopic (exact) mass is 511 g/mol. The highest BCUT2D eigenvalue weighted by atomic mass is 16.5. The molecule has 0 unspecified atom stereocenters. The molecule has 3 aromatic carbocycles. The number of benzene rings is 3. The first-order chi connectivity index (χ1) is 18.5. The third-order valence-corrected chi connectivity index (χ3v) is 6.75. The topological polar surface area (TPSA) is 74.7 Å². The van der Waals surface area contributed by atoms with Gasteiger partial charge in [0.15, 0.2) is 23.1 Å². The van der Waals surface area contributed by atoms with Crippen molar-refractivity contribution in [3.05, 3.63) is 90.1 Å². The van der Waals surface area contributed by atoms with Gasteiger partial charge in [0, 0.05) is 30.5 Å². The Hall–Kier alpha value is -4.19. The average Bonchev–Trinajstić information content (AvgIpc) is 3.78. The summed E-state index contributed by atoms with van der Waals surface area (Å²) in [7, 11) is 3.17. The molecule has 0 radical (unpaired) electrons. The molecular weight excluding hydrogens is 478 g/mol. The van der Waals surface area contributed by atoms with Gasteiger partial charge in [-0.3, -0.25) is 14.6 Å². The molecule has 0 atom stereocenters. The van der Waals surface area contributed by atoms with E-state index in [0.29, 0.717) is 42.3 Å². The number of pyridine rings is 1. The van der Waals surface area contributed by atoms with Crippen LogP contribution in [0.1, 0.15) is 37.8 Å². The summed E-state index contributed by atoms with van der Waals surface area (Å²) in [6.07, 6.45) is 3.49. The van der Waals surface area contributed by atoms with Crippen LogP contribution in [0.15, 0.2) is 79.0 Å². The van der Waals surface area contributed by atoms with Crippen LogP contribution in [-0.2, 0) is 22.4 Å². The van der Waals surface area contributed by atoms with Crippen LogP contribution in [0.25, 0.3) is 10.9 Å². The van der Waals surface area contributed by atoms with E-state index < -0.39 is 5.41 Å². The van der Waals surface area contributed by atoms with E-state index in [9.17, 15) is 9.59 Å². The second kappa shape index (κ2) is 11.9. The molecule has 1 saturated carbocycles. The third kappa shape index (κ3) is 5.70. The number of fused-ring (bicyclic) bond motifs is 1. The van der Waals surface area contributed by atoms with E-state index in [4.69, 9.17) is 14.2 Å². The van der Waals surface area contributed by atoms with Gasteiger partial charge in [-0.1, -0.05) is 56.3 Å². The first kappa shape index (κ1) is 26.9. The van der Waals surface area contributed by atoms with Crippen molar-refractivity contribution in [3.63, 3.8) is 0 Å². The molecule has 1 heterocycles. The fourth-order valence-electron chi connectivity index (χ4n) is 4.48. The summed E-state index contributed by atoms with van der Waals surface area (Å²) < 4.78 is 16.9. The van der Waals surface area contributed by atoms with Crippen LogP contribution in [0.3, 0.4) is 0 Å². The SMILES string of the molecule is CC.COc1cc2nccc(Oc3ccc(CC(=O)C4(C(=O)Cc5ccccc5)CC4)cc3)c2cc1OC. The number of hydrogen-bond donors (Lipinski definition) is 0. The minimum absolute atomic E-state index is 0.00160. The van der Waals surface area contributed by atoms with Crippen LogP contribution in [0.2, 0.25) is 0 Å². The van der Waals surface area contributed by atoms with Gasteiger partial charge in [-0.15, -0.1) is 0 Å². The number of ketones is 2. The van der Waals surface area contributed by atoms with Gasteiger partial charge >= 0.3 is 0 Å². The molecule has 0 amide bonds. The van der Waals surface area contributed by atoms with Crippen molar-refractivity contribution in [2.24, 2.45) is 5.41 Å². The molecule has 0 N–H and O–H groups in total. The van der Waals surface area contributed by atoms with Crippen LogP contribution in [0.5, 0.6) is 23.0 Å². The molecule has 5 rings (SSSR count). The van der Waals surface area contributed by atoms with E-state index in [1.165, 1.54) is 0 Å². The molecule has 0 saturated heterocycles. The van der Waals surface area contributed by atoms with Crippen LogP contribution in [0, 0.1) is 5.41 Å². The number of carbonyl (C=O) groups excluding carboxylic acids is 2. The van der Waals surface area contributed by atoms with Crippen LogP contribution in [0.4, 0.5) is 0 Å². The van der Waals surface area contributed by atoms with E-state index in [2.05, 4.69) is 4.98 Å². The molecule has 6 nitrogen and oxygen atoms in total. The number of nitrogens with zero attached hydrogens (tertiary/aromatic N) is 1. The molecule has 196 valence electrons. The summed E-state index contributed by atoms with van der Waals surface area (Å²) in [4.78, 5) is 30.4. The molecule has 38 heavy (non-hydrogen) atoms. The lowest BCUT2D eigenvalue weighted by Gasteiger charge is -2.14. The highest BCUT2D eigenvalue weighted by Crippen LogP contribution is 2.49. The predicted molar refractivity (Wildman–Crippen MR) is 148 cm³/mol. The minimum atomic E-state index is -0.818. The maximum absolute atomic E-state index is 13.1. The number of carbonyl (C=O) groups is 2. The van der Waals surface area contributed by atoms with Crippen molar-refractivity contribution in [2.45, 2.75) is 39.5 Å². The number of ether oxygens (including phenoxy) is 3. The van der Waals surface area contributed by atoms with Gasteiger partial charge in [-0.05, 0) is 48.2 Å². The summed E-state index contributed by atoms with van der Waals surface area (Å²) in [5.74, 6) is 2.48. The minimum Gasteiger partial charge on any atom is -0.493 e.